The molecule has 0 radical (unpaired) electrons. The van der Waals surface area contributed by atoms with Crippen LogP contribution in [0.3, 0.4) is 0 Å². The third-order valence-electron chi connectivity index (χ3n) is 4.99. The molecule has 134 valence electrons. The molecule has 1 aliphatic heterocycles. The van der Waals surface area contributed by atoms with Crippen LogP contribution in [-0.2, 0) is 17.8 Å². The standard InChI is InChI=1S/C19H26N4O2/c1-14-5-7-16(8-6-14)19-15(2)4-3-10-22(19)11-9-17-12-23(21-20-17)13-18(24)25/h5-8,12,15,19H,3-4,9-11,13H2,1-2H3,(H,24,25). The molecule has 0 amide bonds. The number of benzene rings is 1. The fourth-order valence-electron chi connectivity index (χ4n) is 3.75. The summed E-state index contributed by atoms with van der Waals surface area (Å²) in [6.45, 7) is 6.31. The second kappa shape index (κ2) is 7.78. The average molecular weight is 342 g/mol. The molecule has 1 aromatic heterocycles. The van der Waals surface area contributed by atoms with Crippen LogP contribution in [0.25, 0.3) is 0 Å². The normalized spacial score (nSPS) is 21.4. The van der Waals surface area contributed by atoms with E-state index in [0.717, 1.165) is 25.2 Å². The van der Waals surface area contributed by atoms with Crippen LogP contribution in [0.1, 0.15) is 42.6 Å². The van der Waals surface area contributed by atoms with E-state index in [1.54, 1.807) is 6.20 Å². The van der Waals surface area contributed by atoms with Crippen LogP contribution in [0.15, 0.2) is 30.5 Å². The fraction of sp³-hybridized carbons (Fsp3) is 0.526. The molecule has 2 unspecified atom stereocenters. The summed E-state index contributed by atoms with van der Waals surface area (Å²) < 4.78 is 1.38. The number of piperidine rings is 1. The molecule has 0 aliphatic carbocycles. The SMILES string of the molecule is Cc1ccc(C2C(C)CCCN2CCc2cn(CC(=O)O)nn2)cc1. The lowest BCUT2D eigenvalue weighted by molar-refractivity contribution is -0.137. The van der Waals surface area contributed by atoms with Crippen LogP contribution in [0, 0.1) is 12.8 Å². The molecule has 2 heterocycles. The van der Waals surface area contributed by atoms with Crippen molar-refractivity contribution in [2.75, 3.05) is 13.1 Å². The van der Waals surface area contributed by atoms with Gasteiger partial charge in [0, 0.05) is 25.2 Å². The summed E-state index contributed by atoms with van der Waals surface area (Å²) in [7, 11) is 0. The quantitative estimate of drug-likeness (QED) is 0.874. The molecule has 2 atom stereocenters. The number of carboxylic acid groups (broad SMARTS) is 1. The van der Waals surface area contributed by atoms with Gasteiger partial charge in [0.2, 0.25) is 0 Å². The van der Waals surface area contributed by atoms with Gasteiger partial charge in [-0.1, -0.05) is 42.0 Å². The Morgan fingerprint density at radius 1 is 1.32 bits per heavy atom. The first-order valence-corrected chi connectivity index (χ1v) is 8.94. The largest absolute Gasteiger partial charge is 0.480 e. The zero-order valence-corrected chi connectivity index (χ0v) is 14.9. The van der Waals surface area contributed by atoms with Gasteiger partial charge in [-0.05, 0) is 37.8 Å². The van der Waals surface area contributed by atoms with Crippen LogP contribution >= 0.6 is 0 Å². The lowest BCUT2D eigenvalue weighted by Crippen LogP contribution is -2.39. The van der Waals surface area contributed by atoms with Gasteiger partial charge in [0.15, 0.2) is 0 Å². The summed E-state index contributed by atoms with van der Waals surface area (Å²) in [6, 6.07) is 9.30. The van der Waals surface area contributed by atoms with E-state index < -0.39 is 5.97 Å². The maximum atomic E-state index is 10.7. The predicted octanol–water partition coefficient (Wildman–Crippen LogP) is 2.69. The molecule has 1 aliphatic rings. The van der Waals surface area contributed by atoms with Crippen molar-refractivity contribution in [2.45, 2.75) is 45.7 Å². The summed E-state index contributed by atoms with van der Waals surface area (Å²) in [5.74, 6) is -0.278. The van der Waals surface area contributed by atoms with Gasteiger partial charge in [-0.3, -0.25) is 9.69 Å². The van der Waals surface area contributed by atoms with Crippen molar-refractivity contribution < 1.29 is 9.90 Å². The van der Waals surface area contributed by atoms with Crippen LogP contribution in [0.2, 0.25) is 0 Å². The number of hydrogen-bond acceptors (Lipinski definition) is 4. The fourth-order valence-corrected chi connectivity index (χ4v) is 3.75. The Balaban J connectivity index is 1.67. The van der Waals surface area contributed by atoms with E-state index >= 15 is 0 Å². The van der Waals surface area contributed by atoms with Gasteiger partial charge >= 0.3 is 5.97 Å². The maximum Gasteiger partial charge on any atom is 0.325 e. The third kappa shape index (κ3) is 4.45. The Morgan fingerprint density at radius 2 is 2.08 bits per heavy atom. The molecular formula is C19H26N4O2. The van der Waals surface area contributed by atoms with Crippen LogP contribution in [0.5, 0.6) is 0 Å². The molecule has 25 heavy (non-hydrogen) atoms. The lowest BCUT2D eigenvalue weighted by atomic mass is 9.85. The third-order valence-corrected chi connectivity index (χ3v) is 4.99. The molecule has 0 bridgehead atoms. The van der Waals surface area contributed by atoms with E-state index in [1.807, 2.05) is 0 Å². The van der Waals surface area contributed by atoms with Crippen molar-refractivity contribution >= 4 is 5.97 Å². The number of carbonyl (C=O) groups is 1. The molecule has 2 aromatic rings. The second-order valence-corrected chi connectivity index (χ2v) is 7.06. The van der Waals surface area contributed by atoms with Crippen molar-refractivity contribution in [1.82, 2.24) is 19.9 Å². The van der Waals surface area contributed by atoms with Gasteiger partial charge in [0.25, 0.3) is 0 Å². The van der Waals surface area contributed by atoms with Crippen LogP contribution in [-0.4, -0.2) is 44.1 Å². The van der Waals surface area contributed by atoms with E-state index in [2.05, 4.69) is 53.3 Å². The van der Waals surface area contributed by atoms with E-state index in [9.17, 15) is 4.79 Å². The van der Waals surface area contributed by atoms with Gasteiger partial charge in [-0.25, -0.2) is 4.68 Å². The molecule has 1 N–H and O–H groups in total. The highest BCUT2D eigenvalue weighted by Gasteiger charge is 2.29. The zero-order chi connectivity index (χ0) is 17.8. The van der Waals surface area contributed by atoms with E-state index in [1.165, 1.54) is 28.7 Å². The number of carboxylic acids is 1. The van der Waals surface area contributed by atoms with Crippen LogP contribution in [0.4, 0.5) is 0 Å². The topological polar surface area (TPSA) is 71.2 Å². The molecule has 0 saturated carbocycles. The molecule has 1 aromatic carbocycles. The smallest absolute Gasteiger partial charge is 0.325 e. The minimum absolute atomic E-state index is 0.139. The monoisotopic (exact) mass is 342 g/mol. The summed E-state index contributed by atoms with van der Waals surface area (Å²) in [4.78, 5) is 13.3. The van der Waals surface area contributed by atoms with Crippen molar-refractivity contribution in [3.8, 4) is 0 Å². The number of hydrogen-bond donors (Lipinski definition) is 1. The van der Waals surface area contributed by atoms with Crippen LogP contribution < -0.4 is 0 Å². The highest BCUT2D eigenvalue weighted by molar-refractivity contribution is 5.66. The molecule has 6 heteroatoms. The number of aryl methyl sites for hydroxylation is 1. The van der Waals surface area contributed by atoms with E-state index in [-0.39, 0.29) is 6.54 Å². The highest BCUT2D eigenvalue weighted by Crippen LogP contribution is 2.35. The van der Waals surface area contributed by atoms with Gasteiger partial charge in [0.05, 0.1) is 5.69 Å². The first-order valence-electron chi connectivity index (χ1n) is 8.94. The molecule has 1 saturated heterocycles. The molecule has 0 spiro atoms. The van der Waals surface area contributed by atoms with Crippen molar-refractivity contribution in [3.05, 3.63) is 47.3 Å². The molecule has 6 nitrogen and oxygen atoms in total. The zero-order valence-electron chi connectivity index (χ0n) is 14.9. The number of likely N-dealkylation sites (tertiary alicyclic amines) is 1. The second-order valence-electron chi connectivity index (χ2n) is 7.06. The molecule has 3 rings (SSSR count). The van der Waals surface area contributed by atoms with E-state index in [0.29, 0.717) is 12.0 Å². The minimum atomic E-state index is -0.902. The number of rotatable bonds is 6. The Labute approximate surface area is 148 Å². The lowest BCUT2D eigenvalue weighted by Gasteiger charge is -2.40. The molecule has 1 fully saturated rings. The van der Waals surface area contributed by atoms with Gasteiger partial charge in [-0.15, -0.1) is 5.10 Å². The first kappa shape index (κ1) is 17.6. The van der Waals surface area contributed by atoms with Crippen molar-refractivity contribution in [2.24, 2.45) is 5.92 Å². The Bertz CT molecular complexity index is 710. The predicted molar refractivity (Wildman–Crippen MR) is 95.3 cm³/mol. The minimum Gasteiger partial charge on any atom is -0.480 e. The Kier molecular flexibility index (Phi) is 5.48. The number of nitrogens with zero attached hydrogens (tertiary/aromatic N) is 4. The first-order chi connectivity index (χ1) is 12.0. The summed E-state index contributed by atoms with van der Waals surface area (Å²) in [5, 5.41) is 16.8. The maximum absolute atomic E-state index is 10.7. The summed E-state index contributed by atoms with van der Waals surface area (Å²) in [6.07, 6.45) is 5.00. The van der Waals surface area contributed by atoms with Gasteiger partial charge in [-0.2, -0.15) is 0 Å². The summed E-state index contributed by atoms with van der Waals surface area (Å²) in [5.41, 5.74) is 3.52. The van der Waals surface area contributed by atoms with Crippen molar-refractivity contribution in [1.29, 1.82) is 0 Å². The number of aliphatic carboxylic acids is 1. The average Bonchev–Trinajstić information content (AvgIpc) is 3.01. The van der Waals surface area contributed by atoms with Gasteiger partial charge in [0.1, 0.15) is 6.54 Å². The summed E-state index contributed by atoms with van der Waals surface area (Å²) >= 11 is 0. The van der Waals surface area contributed by atoms with E-state index in [4.69, 9.17) is 5.11 Å². The molecular weight excluding hydrogens is 316 g/mol. The van der Waals surface area contributed by atoms with Gasteiger partial charge < -0.3 is 5.11 Å². The Hall–Kier alpha value is -2.21. The Morgan fingerprint density at radius 3 is 2.80 bits per heavy atom. The highest BCUT2D eigenvalue weighted by atomic mass is 16.4. The van der Waals surface area contributed by atoms with Crippen molar-refractivity contribution in [3.63, 3.8) is 0 Å². The number of aromatic nitrogens is 3.